The molecule has 5 nitrogen and oxygen atoms in total. The molecule has 6 heteroatoms. The van der Waals surface area contributed by atoms with Crippen LogP contribution in [0, 0.1) is 3.57 Å². The Hall–Kier alpha value is -1.15. The van der Waals surface area contributed by atoms with Crippen molar-refractivity contribution in [2.24, 2.45) is 5.73 Å². The van der Waals surface area contributed by atoms with Crippen LogP contribution in [-0.2, 0) is 4.74 Å². The summed E-state index contributed by atoms with van der Waals surface area (Å²) in [6.07, 6.45) is 0. The summed E-state index contributed by atoms with van der Waals surface area (Å²) in [6.45, 7) is 4.88. The number of nitrogens with two attached hydrogens (primary N) is 1. The first kappa shape index (κ1) is 15.2. The highest BCUT2D eigenvalue weighted by atomic mass is 127. The molecule has 1 fully saturated rings. The number of carbonyl (C=O) groups excluding carboxylic acids is 2. The van der Waals surface area contributed by atoms with E-state index in [0.29, 0.717) is 18.8 Å². The van der Waals surface area contributed by atoms with Crippen molar-refractivity contribution in [1.29, 1.82) is 0 Å². The molecule has 0 spiro atoms. The number of nitrogens with zero attached hydrogens (tertiary/aromatic N) is 1. The molecule has 20 heavy (non-hydrogen) atoms. The smallest absolute Gasteiger partial charge is 0.255 e. The van der Waals surface area contributed by atoms with Gasteiger partial charge in [-0.25, -0.2) is 0 Å². The average Bonchev–Trinajstić information content (AvgIpc) is 2.38. The molecule has 0 aromatic heterocycles. The predicted molar refractivity (Wildman–Crippen MR) is 83.6 cm³/mol. The van der Waals surface area contributed by atoms with E-state index in [1.54, 1.807) is 23.1 Å². The molecular formula is C14H17IN2O3. The molecule has 1 aromatic rings. The maximum atomic E-state index is 12.7. The number of benzene rings is 1. The maximum absolute atomic E-state index is 12.7. The van der Waals surface area contributed by atoms with E-state index >= 15 is 0 Å². The Bertz CT molecular complexity index is 537. The SMILES string of the molecule is C[C@@H]1COC[C@H](C)N1C(=O)c1ccc(I)cc1C(N)=O. The number of ether oxygens (including phenoxy) is 1. The highest BCUT2D eigenvalue weighted by molar-refractivity contribution is 14.1. The molecule has 0 aliphatic carbocycles. The van der Waals surface area contributed by atoms with E-state index in [9.17, 15) is 9.59 Å². The normalized spacial score (nSPS) is 22.6. The number of amides is 2. The van der Waals surface area contributed by atoms with E-state index in [1.165, 1.54) is 0 Å². The molecule has 2 N–H and O–H groups in total. The van der Waals surface area contributed by atoms with Gasteiger partial charge < -0.3 is 15.4 Å². The van der Waals surface area contributed by atoms with Gasteiger partial charge in [-0.05, 0) is 54.6 Å². The zero-order valence-electron chi connectivity index (χ0n) is 11.4. The number of morpholine rings is 1. The van der Waals surface area contributed by atoms with E-state index in [-0.39, 0.29) is 23.6 Å². The Labute approximate surface area is 131 Å². The first-order valence-electron chi connectivity index (χ1n) is 6.41. The quantitative estimate of drug-likeness (QED) is 0.784. The molecule has 108 valence electrons. The minimum Gasteiger partial charge on any atom is -0.377 e. The number of hydrogen-bond donors (Lipinski definition) is 1. The summed E-state index contributed by atoms with van der Waals surface area (Å²) in [4.78, 5) is 26.0. The van der Waals surface area contributed by atoms with Crippen LogP contribution in [0.5, 0.6) is 0 Å². The summed E-state index contributed by atoms with van der Waals surface area (Å²) in [7, 11) is 0. The Morgan fingerprint density at radius 2 is 1.85 bits per heavy atom. The van der Waals surface area contributed by atoms with Crippen molar-refractivity contribution < 1.29 is 14.3 Å². The summed E-state index contributed by atoms with van der Waals surface area (Å²) in [5, 5.41) is 0. The van der Waals surface area contributed by atoms with Gasteiger partial charge in [-0.15, -0.1) is 0 Å². The van der Waals surface area contributed by atoms with Crippen molar-refractivity contribution in [2.45, 2.75) is 25.9 Å². The lowest BCUT2D eigenvalue weighted by molar-refractivity contribution is -0.0250. The summed E-state index contributed by atoms with van der Waals surface area (Å²) in [5.74, 6) is -0.751. The molecule has 1 heterocycles. The Balaban J connectivity index is 2.40. The van der Waals surface area contributed by atoms with Crippen molar-refractivity contribution in [3.63, 3.8) is 0 Å². The van der Waals surface area contributed by atoms with Crippen LogP contribution in [0.2, 0.25) is 0 Å². The Kier molecular flexibility index (Phi) is 4.64. The van der Waals surface area contributed by atoms with Crippen LogP contribution in [0.3, 0.4) is 0 Å². The van der Waals surface area contributed by atoms with Gasteiger partial charge in [-0.1, -0.05) is 0 Å². The van der Waals surface area contributed by atoms with Crippen LogP contribution in [-0.4, -0.2) is 42.0 Å². The molecule has 2 atom stereocenters. The fourth-order valence-electron chi connectivity index (χ4n) is 2.45. The van der Waals surface area contributed by atoms with Crippen molar-refractivity contribution in [2.75, 3.05) is 13.2 Å². The third-order valence-electron chi connectivity index (χ3n) is 3.38. The maximum Gasteiger partial charge on any atom is 0.255 e. The molecule has 2 amide bonds. The van der Waals surface area contributed by atoms with E-state index in [2.05, 4.69) is 22.6 Å². The number of halogens is 1. The van der Waals surface area contributed by atoms with Crippen LogP contribution < -0.4 is 5.73 Å². The van der Waals surface area contributed by atoms with E-state index in [4.69, 9.17) is 10.5 Å². The monoisotopic (exact) mass is 388 g/mol. The van der Waals surface area contributed by atoms with E-state index < -0.39 is 5.91 Å². The van der Waals surface area contributed by atoms with Crippen LogP contribution in [0.1, 0.15) is 34.6 Å². The zero-order valence-corrected chi connectivity index (χ0v) is 13.6. The topological polar surface area (TPSA) is 72.6 Å². The molecule has 0 radical (unpaired) electrons. The zero-order chi connectivity index (χ0) is 14.9. The van der Waals surface area contributed by atoms with Crippen LogP contribution >= 0.6 is 22.6 Å². The lowest BCUT2D eigenvalue weighted by atomic mass is 10.0. The first-order valence-corrected chi connectivity index (χ1v) is 7.49. The van der Waals surface area contributed by atoms with E-state index in [0.717, 1.165) is 3.57 Å². The van der Waals surface area contributed by atoms with Gasteiger partial charge in [0, 0.05) is 3.57 Å². The molecule has 1 aliphatic rings. The summed E-state index contributed by atoms with van der Waals surface area (Å²) in [5.41, 5.74) is 6.01. The summed E-state index contributed by atoms with van der Waals surface area (Å²) in [6, 6.07) is 5.07. The third kappa shape index (κ3) is 2.95. The van der Waals surface area contributed by atoms with Crippen molar-refractivity contribution in [3.05, 3.63) is 32.9 Å². The van der Waals surface area contributed by atoms with Gasteiger partial charge in [0.25, 0.3) is 5.91 Å². The van der Waals surface area contributed by atoms with E-state index in [1.807, 2.05) is 13.8 Å². The predicted octanol–water partition coefficient (Wildman–Crippen LogP) is 1.64. The molecule has 1 saturated heterocycles. The standard InChI is InChI=1S/C14H17IN2O3/c1-8-6-20-7-9(2)17(8)14(19)11-4-3-10(15)5-12(11)13(16)18/h3-5,8-9H,6-7H2,1-2H3,(H2,16,18)/t8-,9+. The number of rotatable bonds is 2. The van der Waals surface area contributed by atoms with Crippen molar-refractivity contribution in [3.8, 4) is 0 Å². The van der Waals surface area contributed by atoms with Gasteiger partial charge >= 0.3 is 0 Å². The minimum atomic E-state index is -0.583. The highest BCUT2D eigenvalue weighted by Crippen LogP contribution is 2.21. The molecule has 1 aromatic carbocycles. The fourth-order valence-corrected chi connectivity index (χ4v) is 2.94. The van der Waals surface area contributed by atoms with Gasteiger partial charge in [-0.3, -0.25) is 9.59 Å². The lowest BCUT2D eigenvalue weighted by Crippen LogP contribution is -2.52. The van der Waals surface area contributed by atoms with Gasteiger partial charge in [0.05, 0.1) is 36.4 Å². The van der Waals surface area contributed by atoms with Gasteiger partial charge in [0.1, 0.15) is 0 Å². The second kappa shape index (κ2) is 6.09. The second-order valence-electron chi connectivity index (χ2n) is 5.00. The molecule has 2 rings (SSSR count). The molecular weight excluding hydrogens is 371 g/mol. The fraction of sp³-hybridized carbons (Fsp3) is 0.429. The molecule has 0 saturated carbocycles. The summed E-state index contributed by atoms with van der Waals surface area (Å²) >= 11 is 2.09. The van der Waals surface area contributed by atoms with Crippen LogP contribution in [0.15, 0.2) is 18.2 Å². The second-order valence-corrected chi connectivity index (χ2v) is 6.25. The first-order chi connectivity index (χ1) is 9.41. The van der Waals surface area contributed by atoms with Gasteiger partial charge in [0.2, 0.25) is 5.91 Å². The summed E-state index contributed by atoms with van der Waals surface area (Å²) < 4.78 is 6.29. The van der Waals surface area contributed by atoms with Crippen LogP contribution in [0.4, 0.5) is 0 Å². The lowest BCUT2D eigenvalue weighted by Gasteiger charge is -2.39. The van der Waals surface area contributed by atoms with Gasteiger partial charge in [-0.2, -0.15) is 0 Å². The molecule has 1 aliphatic heterocycles. The van der Waals surface area contributed by atoms with Gasteiger partial charge in [0.15, 0.2) is 0 Å². The Morgan fingerprint density at radius 3 is 2.40 bits per heavy atom. The number of hydrogen-bond acceptors (Lipinski definition) is 3. The number of carbonyl (C=O) groups is 2. The average molecular weight is 388 g/mol. The highest BCUT2D eigenvalue weighted by Gasteiger charge is 2.31. The minimum absolute atomic E-state index is 0.0220. The third-order valence-corrected chi connectivity index (χ3v) is 4.05. The molecule has 0 unspecified atom stereocenters. The van der Waals surface area contributed by atoms with Crippen molar-refractivity contribution >= 4 is 34.4 Å². The van der Waals surface area contributed by atoms with Crippen LogP contribution in [0.25, 0.3) is 0 Å². The number of primary amides is 1. The Morgan fingerprint density at radius 1 is 1.25 bits per heavy atom. The molecule has 0 bridgehead atoms. The van der Waals surface area contributed by atoms with Crippen molar-refractivity contribution in [1.82, 2.24) is 4.90 Å². The largest absolute Gasteiger partial charge is 0.377 e.